The van der Waals surface area contributed by atoms with Crippen molar-refractivity contribution in [3.8, 4) is 0 Å². The summed E-state index contributed by atoms with van der Waals surface area (Å²) < 4.78 is 0. The van der Waals surface area contributed by atoms with Crippen LogP contribution >= 0.6 is 11.9 Å². The zero-order chi connectivity index (χ0) is 8.27. The second-order valence-electron chi connectivity index (χ2n) is 2.81. The predicted octanol–water partition coefficient (Wildman–Crippen LogP) is 0.604. The molecule has 0 aromatic heterocycles. The Kier molecular flexibility index (Phi) is 3.20. The number of amides is 1. The van der Waals surface area contributed by atoms with Gasteiger partial charge < -0.3 is 4.90 Å². The first-order chi connectivity index (χ1) is 5.25. The van der Waals surface area contributed by atoms with Crippen LogP contribution in [0, 0.1) is 0 Å². The van der Waals surface area contributed by atoms with Crippen molar-refractivity contribution in [1.29, 1.82) is 0 Å². The van der Waals surface area contributed by atoms with Crippen LogP contribution in [-0.2, 0) is 4.79 Å². The van der Waals surface area contributed by atoms with Gasteiger partial charge in [0.2, 0.25) is 5.91 Å². The van der Waals surface area contributed by atoms with Crippen LogP contribution in [0.4, 0.5) is 0 Å². The molecule has 1 heterocycles. The third kappa shape index (κ3) is 2.10. The molecule has 0 radical (unpaired) electrons. The van der Waals surface area contributed by atoms with E-state index in [1.54, 1.807) is 0 Å². The van der Waals surface area contributed by atoms with Gasteiger partial charge in [0.25, 0.3) is 0 Å². The molecule has 1 unspecified atom stereocenters. The van der Waals surface area contributed by atoms with Gasteiger partial charge in [-0.15, -0.1) is 0 Å². The van der Waals surface area contributed by atoms with Crippen molar-refractivity contribution in [2.24, 2.45) is 5.14 Å². The van der Waals surface area contributed by atoms with Crippen molar-refractivity contribution in [2.45, 2.75) is 25.0 Å². The molecule has 64 valence electrons. The van der Waals surface area contributed by atoms with Gasteiger partial charge in [-0.1, -0.05) is 11.9 Å². The van der Waals surface area contributed by atoms with Crippen LogP contribution in [0.25, 0.3) is 0 Å². The first kappa shape index (κ1) is 8.87. The molecule has 11 heavy (non-hydrogen) atoms. The topological polar surface area (TPSA) is 46.3 Å². The van der Waals surface area contributed by atoms with Crippen LogP contribution < -0.4 is 5.14 Å². The Morgan fingerprint density at radius 2 is 2.09 bits per heavy atom. The van der Waals surface area contributed by atoms with Crippen LogP contribution in [0.1, 0.15) is 19.8 Å². The third-order valence-electron chi connectivity index (χ3n) is 1.97. The highest BCUT2D eigenvalue weighted by Crippen LogP contribution is 2.12. The summed E-state index contributed by atoms with van der Waals surface area (Å²) >= 11 is 1.13. The summed E-state index contributed by atoms with van der Waals surface area (Å²) in [4.78, 5) is 13.3. The fourth-order valence-corrected chi connectivity index (χ4v) is 1.52. The van der Waals surface area contributed by atoms with Crippen LogP contribution in [0.5, 0.6) is 0 Å². The lowest BCUT2D eigenvalue weighted by Gasteiger charge is -2.18. The smallest absolute Gasteiger partial charge is 0.236 e. The van der Waals surface area contributed by atoms with E-state index in [1.165, 1.54) is 0 Å². The zero-order valence-corrected chi connectivity index (χ0v) is 7.56. The number of nitrogens with two attached hydrogens (primary N) is 1. The van der Waals surface area contributed by atoms with E-state index in [9.17, 15) is 4.79 Å². The standard InChI is InChI=1S/C7H14N2OS/c1-6(11-8)7(10)9-4-2-3-5-9/h6H,2-5,8H2,1H3. The largest absolute Gasteiger partial charge is 0.342 e. The summed E-state index contributed by atoms with van der Waals surface area (Å²) in [6, 6.07) is 0. The van der Waals surface area contributed by atoms with Gasteiger partial charge in [-0.2, -0.15) is 0 Å². The third-order valence-corrected chi connectivity index (χ3v) is 2.58. The van der Waals surface area contributed by atoms with Crippen molar-refractivity contribution in [1.82, 2.24) is 4.90 Å². The molecule has 0 bridgehead atoms. The fraction of sp³-hybridized carbons (Fsp3) is 0.857. The van der Waals surface area contributed by atoms with Gasteiger partial charge in [0.1, 0.15) is 0 Å². The molecule has 1 saturated heterocycles. The summed E-state index contributed by atoms with van der Waals surface area (Å²) in [6.45, 7) is 3.69. The van der Waals surface area contributed by atoms with Crippen molar-refractivity contribution in [3.63, 3.8) is 0 Å². The van der Waals surface area contributed by atoms with Crippen LogP contribution in [0.15, 0.2) is 0 Å². The van der Waals surface area contributed by atoms with E-state index in [0.717, 1.165) is 37.9 Å². The Bertz CT molecular complexity index is 145. The Hall–Kier alpha value is -0.220. The summed E-state index contributed by atoms with van der Waals surface area (Å²) in [5, 5.41) is 5.23. The average molecular weight is 174 g/mol. The number of carbonyl (C=O) groups excluding carboxylic acids is 1. The minimum absolute atomic E-state index is 0.0758. The molecule has 1 aliphatic rings. The lowest BCUT2D eigenvalue weighted by atomic mass is 10.4. The summed E-state index contributed by atoms with van der Waals surface area (Å²) in [6.07, 6.45) is 2.29. The molecule has 0 spiro atoms. The van der Waals surface area contributed by atoms with Crippen molar-refractivity contribution >= 4 is 17.9 Å². The molecule has 1 rings (SSSR count). The minimum Gasteiger partial charge on any atom is -0.342 e. The highest BCUT2D eigenvalue weighted by Gasteiger charge is 2.22. The Labute approximate surface area is 71.4 Å². The monoisotopic (exact) mass is 174 g/mol. The highest BCUT2D eigenvalue weighted by atomic mass is 32.2. The molecular formula is C7H14N2OS. The molecule has 0 aliphatic carbocycles. The first-order valence-electron chi connectivity index (χ1n) is 3.90. The first-order valence-corrected chi connectivity index (χ1v) is 4.84. The molecule has 1 fully saturated rings. The zero-order valence-electron chi connectivity index (χ0n) is 6.75. The molecule has 4 heteroatoms. The number of hydrogen-bond acceptors (Lipinski definition) is 3. The normalized spacial score (nSPS) is 20.4. The molecule has 2 N–H and O–H groups in total. The molecule has 1 amide bonds. The fourth-order valence-electron chi connectivity index (χ4n) is 1.25. The van der Waals surface area contributed by atoms with Crippen molar-refractivity contribution in [3.05, 3.63) is 0 Å². The Morgan fingerprint density at radius 3 is 2.55 bits per heavy atom. The predicted molar refractivity (Wildman–Crippen MR) is 47.1 cm³/mol. The Morgan fingerprint density at radius 1 is 1.55 bits per heavy atom. The van der Waals surface area contributed by atoms with Crippen molar-refractivity contribution < 1.29 is 4.79 Å². The van der Waals surface area contributed by atoms with E-state index in [4.69, 9.17) is 5.14 Å². The van der Waals surface area contributed by atoms with Crippen LogP contribution in [-0.4, -0.2) is 29.1 Å². The molecule has 0 saturated carbocycles. The Balaban J connectivity index is 2.39. The summed E-state index contributed by atoms with van der Waals surface area (Å²) in [5.74, 6) is 0.190. The average Bonchev–Trinajstić information content (AvgIpc) is 2.53. The molecular weight excluding hydrogens is 160 g/mol. The van der Waals surface area contributed by atoms with E-state index in [0.29, 0.717) is 0 Å². The maximum absolute atomic E-state index is 11.4. The number of hydrogen-bond donors (Lipinski definition) is 1. The van der Waals surface area contributed by atoms with Gasteiger partial charge in [-0.05, 0) is 19.8 Å². The number of nitrogens with zero attached hydrogens (tertiary/aromatic N) is 1. The van der Waals surface area contributed by atoms with Gasteiger partial charge in [0.05, 0.1) is 5.25 Å². The molecule has 0 aromatic rings. The van der Waals surface area contributed by atoms with E-state index >= 15 is 0 Å². The summed E-state index contributed by atoms with van der Waals surface area (Å²) in [5.41, 5.74) is 0. The molecule has 1 atom stereocenters. The van der Waals surface area contributed by atoms with Crippen LogP contribution in [0.3, 0.4) is 0 Å². The molecule has 3 nitrogen and oxygen atoms in total. The quantitative estimate of drug-likeness (QED) is 0.624. The van der Waals surface area contributed by atoms with Gasteiger partial charge in [-0.3, -0.25) is 9.93 Å². The molecule has 0 aromatic carbocycles. The lowest BCUT2D eigenvalue weighted by molar-refractivity contribution is -0.129. The van der Waals surface area contributed by atoms with E-state index < -0.39 is 0 Å². The van der Waals surface area contributed by atoms with Crippen molar-refractivity contribution in [2.75, 3.05) is 13.1 Å². The minimum atomic E-state index is -0.0758. The molecule has 1 aliphatic heterocycles. The van der Waals surface area contributed by atoms with Gasteiger partial charge >= 0.3 is 0 Å². The second kappa shape index (κ2) is 3.97. The number of carbonyl (C=O) groups is 1. The van der Waals surface area contributed by atoms with Gasteiger partial charge in [-0.25, -0.2) is 0 Å². The summed E-state index contributed by atoms with van der Waals surface area (Å²) in [7, 11) is 0. The lowest BCUT2D eigenvalue weighted by Crippen LogP contribution is -2.34. The van der Waals surface area contributed by atoms with Gasteiger partial charge in [0.15, 0.2) is 0 Å². The number of rotatable bonds is 2. The van der Waals surface area contributed by atoms with E-state index in [1.807, 2.05) is 11.8 Å². The maximum atomic E-state index is 11.4. The second-order valence-corrected chi connectivity index (χ2v) is 3.79. The van der Waals surface area contributed by atoms with E-state index in [-0.39, 0.29) is 11.2 Å². The number of likely N-dealkylation sites (tertiary alicyclic amines) is 1. The van der Waals surface area contributed by atoms with E-state index in [2.05, 4.69) is 0 Å². The maximum Gasteiger partial charge on any atom is 0.236 e. The van der Waals surface area contributed by atoms with Crippen LogP contribution in [0.2, 0.25) is 0 Å². The highest BCUT2D eigenvalue weighted by molar-refractivity contribution is 7.98. The SMILES string of the molecule is CC(SN)C(=O)N1CCCC1. The van der Waals surface area contributed by atoms with Gasteiger partial charge in [0, 0.05) is 13.1 Å².